The largest absolute Gasteiger partial charge is 0.463 e. The second-order valence-corrected chi connectivity index (χ2v) is 4.90. The normalized spacial score (nSPS) is 12.7. The summed E-state index contributed by atoms with van der Waals surface area (Å²) in [5.74, 6) is -0.538. The van der Waals surface area contributed by atoms with Gasteiger partial charge < -0.3 is 13.8 Å². The van der Waals surface area contributed by atoms with Gasteiger partial charge in [-0.15, -0.1) is 0 Å². The van der Waals surface area contributed by atoms with Crippen molar-refractivity contribution >= 4 is 13.6 Å². The van der Waals surface area contributed by atoms with E-state index in [4.69, 9.17) is 13.8 Å². The van der Waals surface area contributed by atoms with E-state index in [1.165, 1.54) is 14.2 Å². The molecule has 0 aliphatic heterocycles. The predicted octanol–water partition coefficient (Wildman–Crippen LogP) is 2.33. The standard InChI is InChI=1S/C9H17O5P/c1-5-8(7-9(10)14-6-2)15(11,12-3)13-4/h7H,5-6H2,1-4H3/b8-7+. The number of hydrogen-bond donors (Lipinski definition) is 0. The Bertz CT molecular complexity index is 276. The molecule has 0 aromatic heterocycles. The van der Waals surface area contributed by atoms with Gasteiger partial charge in [0.05, 0.1) is 6.61 Å². The van der Waals surface area contributed by atoms with Crippen LogP contribution in [0.4, 0.5) is 0 Å². The maximum Gasteiger partial charge on any atom is 0.357 e. The molecule has 0 saturated heterocycles. The molecule has 0 aromatic carbocycles. The first-order chi connectivity index (χ1) is 7.03. The molecular formula is C9H17O5P. The van der Waals surface area contributed by atoms with Crippen LogP contribution in [-0.4, -0.2) is 26.8 Å². The van der Waals surface area contributed by atoms with E-state index in [1.54, 1.807) is 13.8 Å². The molecular weight excluding hydrogens is 219 g/mol. The number of allylic oxidation sites excluding steroid dienone is 1. The van der Waals surface area contributed by atoms with Crippen LogP contribution in [0.2, 0.25) is 0 Å². The van der Waals surface area contributed by atoms with E-state index < -0.39 is 13.6 Å². The number of hydrogen-bond acceptors (Lipinski definition) is 5. The molecule has 6 heteroatoms. The Morgan fingerprint density at radius 1 is 1.27 bits per heavy atom. The van der Waals surface area contributed by atoms with Crippen molar-refractivity contribution in [2.45, 2.75) is 20.3 Å². The Hall–Kier alpha value is -0.640. The molecule has 0 unspecified atom stereocenters. The highest BCUT2D eigenvalue weighted by Gasteiger charge is 2.26. The number of rotatable bonds is 6. The molecule has 0 bridgehead atoms. The Morgan fingerprint density at radius 3 is 2.13 bits per heavy atom. The third-order valence-corrected chi connectivity index (χ3v) is 3.88. The van der Waals surface area contributed by atoms with Gasteiger partial charge in [-0.2, -0.15) is 0 Å². The van der Waals surface area contributed by atoms with Crippen molar-refractivity contribution in [1.29, 1.82) is 0 Å². The van der Waals surface area contributed by atoms with Gasteiger partial charge in [0.1, 0.15) is 0 Å². The van der Waals surface area contributed by atoms with Crippen molar-refractivity contribution in [2.24, 2.45) is 0 Å². The molecule has 0 amide bonds. The monoisotopic (exact) mass is 236 g/mol. The number of esters is 1. The third kappa shape index (κ3) is 4.16. The zero-order valence-corrected chi connectivity index (χ0v) is 10.4. The summed E-state index contributed by atoms with van der Waals surface area (Å²) in [6.45, 7) is 3.73. The summed E-state index contributed by atoms with van der Waals surface area (Å²) in [7, 11) is -0.755. The molecule has 0 heterocycles. The Morgan fingerprint density at radius 2 is 1.80 bits per heavy atom. The number of carbonyl (C=O) groups excluding carboxylic acids is 1. The van der Waals surface area contributed by atoms with Crippen molar-refractivity contribution < 1.29 is 23.1 Å². The lowest BCUT2D eigenvalue weighted by Gasteiger charge is -2.15. The lowest BCUT2D eigenvalue weighted by molar-refractivity contribution is -0.137. The Balaban J connectivity index is 4.89. The lowest BCUT2D eigenvalue weighted by Crippen LogP contribution is -2.02. The Kier molecular flexibility index (Phi) is 6.48. The second-order valence-electron chi connectivity index (χ2n) is 2.60. The van der Waals surface area contributed by atoms with Crippen molar-refractivity contribution in [3.05, 3.63) is 11.4 Å². The predicted molar refractivity (Wildman–Crippen MR) is 56.6 cm³/mol. The van der Waals surface area contributed by atoms with Gasteiger partial charge in [0.15, 0.2) is 0 Å². The zero-order valence-electron chi connectivity index (χ0n) is 9.48. The van der Waals surface area contributed by atoms with Crippen LogP contribution in [-0.2, 0) is 23.1 Å². The van der Waals surface area contributed by atoms with Crippen LogP contribution in [0.15, 0.2) is 11.4 Å². The summed E-state index contributed by atoms with van der Waals surface area (Å²) in [6, 6.07) is 0. The molecule has 0 aliphatic rings. The first kappa shape index (κ1) is 14.4. The fourth-order valence-corrected chi connectivity index (χ4v) is 2.27. The van der Waals surface area contributed by atoms with Crippen molar-refractivity contribution in [1.82, 2.24) is 0 Å². The lowest BCUT2D eigenvalue weighted by atomic mass is 10.4. The van der Waals surface area contributed by atoms with Crippen LogP contribution in [0.25, 0.3) is 0 Å². The minimum absolute atomic E-state index is 0.274. The van der Waals surface area contributed by atoms with Gasteiger partial charge >= 0.3 is 13.6 Å². The van der Waals surface area contributed by atoms with Crippen LogP contribution >= 0.6 is 7.60 Å². The molecule has 0 saturated carbocycles. The van der Waals surface area contributed by atoms with E-state index in [1.807, 2.05) is 0 Å². The molecule has 0 N–H and O–H groups in total. The van der Waals surface area contributed by atoms with E-state index in [2.05, 4.69) is 0 Å². The fraction of sp³-hybridized carbons (Fsp3) is 0.667. The molecule has 5 nitrogen and oxygen atoms in total. The van der Waals surface area contributed by atoms with E-state index in [0.717, 1.165) is 6.08 Å². The third-order valence-electron chi connectivity index (χ3n) is 1.77. The minimum Gasteiger partial charge on any atom is -0.463 e. The summed E-state index contributed by atoms with van der Waals surface area (Å²) in [5, 5.41) is 0.311. The number of carbonyl (C=O) groups is 1. The maximum atomic E-state index is 11.9. The first-order valence-corrected chi connectivity index (χ1v) is 6.17. The van der Waals surface area contributed by atoms with E-state index in [-0.39, 0.29) is 6.61 Å². The van der Waals surface area contributed by atoms with Gasteiger partial charge in [-0.25, -0.2) is 4.79 Å². The van der Waals surface area contributed by atoms with Gasteiger partial charge in [0.2, 0.25) is 0 Å². The molecule has 0 fully saturated rings. The highest BCUT2D eigenvalue weighted by Crippen LogP contribution is 2.55. The Labute approximate surface area is 89.9 Å². The van der Waals surface area contributed by atoms with Crippen LogP contribution in [0.3, 0.4) is 0 Å². The van der Waals surface area contributed by atoms with Gasteiger partial charge in [0.25, 0.3) is 0 Å². The zero-order chi connectivity index (χ0) is 11.9. The molecule has 0 aromatic rings. The summed E-state index contributed by atoms with van der Waals surface area (Å²) in [6.07, 6.45) is 1.56. The van der Waals surface area contributed by atoms with Crippen LogP contribution in [0.5, 0.6) is 0 Å². The van der Waals surface area contributed by atoms with E-state index >= 15 is 0 Å². The first-order valence-electron chi connectivity index (χ1n) is 4.63. The minimum atomic E-state index is -3.31. The van der Waals surface area contributed by atoms with Crippen LogP contribution in [0, 0.1) is 0 Å². The summed E-state index contributed by atoms with van der Waals surface area (Å²) in [4.78, 5) is 11.2. The topological polar surface area (TPSA) is 61.8 Å². The highest BCUT2D eigenvalue weighted by atomic mass is 31.2. The molecule has 88 valence electrons. The molecule has 0 rings (SSSR count). The smallest absolute Gasteiger partial charge is 0.357 e. The van der Waals surface area contributed by atoms with E-state index in [9.17, 15) is 9.36 Å². The molecule has 0 spiro atoms. The molecule has 0 aliphatic carbocycles. The molecule has 0 radical (unpaired) electrons. The van der Waals surface area contributed by atoms with Gasteiger partial charge in [0, 0.05) is 25.6 Å². The maximum absolute atomic E-state index is 11.9. The molecule has 15 heavy (non-hydrogen) atoms. The highest BCUT2D eigenvalue weighted by molar-refractivity contribution is 7.58. The number of ether oxygens (including phenoxy) is 1. The van der Waals surface area contributed by atoms with Crippen LogP contribution < -0.4 is 0 Å². The van der Waals surface area contributed by atoms with E-state index in [0.29, 0.717) is 11.7 Å². The summed E-state index contributed by atoms with van der Waals surface area (Å²) < 4.78 is 26.2. The van der Waals surface area contributed by atoms with Crippen molar-refractivity contribution in [3.63, 3.8) is 0 Å². The average Bonchev–Trinajstić information content (AvgIpc) is 2.25. The fourth-order valence-electron chi connectivity index (χ4n) is 1.00. The summed E-state index contributed by atoms with van der Waals surface area (Å²) >= 11 is 0. The molecule has 0 atom stereocenters. The van der Waals surface area contributed by atoms with Crippen molar-refractivity contribution in [3.8, 4) is 0 Å². The SMILES string of the molecule is CCOC(=O)/C=C(\CC)P(=O)(OC)OC. The average molecular weight is 236 g/mol. The second kappa shape index (κ2) is 6.77. The van der Waals surface area contributed by atoms with Gasteiger partial charge in [-0.3, -0.25) is 4.57 Å². The van der Waals surface area contributed by atoms with Gasteiger partial charge in [-0.05, 0) is 13.3 Å². The van der Waals surface area contributed by atoms with Crippen LogP contribution in [0.1, 0.15) is 20.3 Å². The van der Waals surface area contributed by atoms with Gasteiger partial charge in [-0.1, -0.05) is 6.92 Å². The summed E-state index contributed by atoms with van der Waals surface area (Å²) in [5.41, 5.74) is 0. The quantitative estimate of drug-likeness (QED) is 0.402. The van der Waals surface area contributed by atoms with Crippen molar-refractivity contribution in [2.75, 3.05) is 20.8 Å².